The average Bonchev–Trinajstić information content (AvgIpc) is 1.62. The summed E-state index contributed by atoms with van der Waals surface area (Å²) in [4.78, 5) is 28.3. The highest BCUT2D eigenvalue weighted by Gasteiger charge is 1.98. The molecule has 4 heteroatoms. The third-order valence-electron chi connectivity index (χ3n) is 0.400. The maximum atomic E-state index is 9.87. The van der Waals surface area contributed by atoms with Crippen LogP contribution in [0.1, 0.15) is 20.3 Å². The Bertz CT molecular complexity index is 116. The van der Waals surface area contributed by atoms with Gasteiger partial charge in [0, 0.05) is 0 Å². The molecule has 0 aliphatic heterocycles. The van der Waals surface area contributed by atoms with Crippen LogP contribution in [0.2, 0.25) is 0 Å². The fraction of sp³-hybridized carbons (Fsp3) is 0.500. The zero-order chi connectivity index (χ0) is 8.57. The molecule has 0 unspecified atom stereocenters. The fourth-order valence-corrected chi connectivity index (χ4v) is 0.213. The molecule has 0 radical (unpaired) electrons. The number of aldehydes is 1. The number of carboxylic acid groups (broad SMARTS) is 1. The van der Waals surface area contributed by atoms with E-state index in [4.69, 9.17) is 9.90 Å². The monoisotopic (exact) mass is 146 g/mol. The first-order valence-electron chi connectivity index (χ1n) is 2.65. The molecule has 4 nitrogen and oxygen atoms in total. The van der Waals surface area contributed by atoms with Gasteiger partial charge in [0.2, 0.25) is 0 Å². The topological polar surface area (TPSA) is 71.4 Å². The first-order chi connectivity index (χ1) is 4.54. The van der Waals surface area contributed by atoms with Crippen molar-refractivity contribution in [1.29, 1.82) is 0 Å². The van der Waals surface area contributed by atoms with Gasteiger partial charge in [-0.05, 0) is 13.8 Å². The van der Waals surface area contributed by atoms with Crippen LogP contribution in [0.3, 0.4) is 0 Å². The van der Waals surface area contributed by atoms with Crippen LogP contribution in [0.25, 0.3) is 0 Å². The Kier molecular flexibility index (Phi) is 9.05. The molecule has 0 saturated carbocycles. The van der Waals surface area contributed by atoms with Gasteiger partial charge in [-0.3, -0.25) is 9.59 Å². The Morgan fingerprint density at radius 2 is 1.80 bits per heavy atom. The molecule has 0 aliphatic carbocycles. The van der Waals surface area contributed by atoms with Crippen molar-refractivity contribution in [1.82, 2.24) is 0 Å². The van der Waals surface area contributed by atoms with E-state index in [0.29, 0.717) is 0 Å². The summed E-state index contributed by atoms with van der Waals surface area (Å²) < 4.78 is 0. The van der Waals surface area contributed by atoms with Crippen molar-refractivity contribution in [2.45, 2.75) is 20.3 Å². The van der Waals surface area contributed by atoms with E-state index < -0.39 is 5.97 Å². The van der Waals surface area contributed by atoms with Crippen LogP contribution in [0.5, 0.6) is 0 Å². The van der Waals surface area contributed by atoms with Crippen molar-refractivity contribution in [2.75, 3.05) is 0 Å². The summed E-state index contributed by atoms with van der Waals surface area (Å²) in [6.07, 6.45) is 0.389. The lowest BCUT2D eigenvalue weighted by atomic mass is 10.3. The molecule has 0 aromatic rings. The van der Waals surface area contributed by atoms with Crippen molar-refractivity contribution in [2.24, 2.45) is 0 Å². The van der Waals surface area contributed by atoms with Gasteiger partial charge in [-0.15, -0.1) is 0 Å². The van der Waals surface area contributed by atoms with Gasteiger partial charge in [0.1, 0.15) is 18.5 Å². The van der Waals surface area contributed by atoms with Crippen LogP contribution >= 0.6 is 0 Å². The number of carboxylic acids is 1. The molecule has 0 aliphatic rings. The normalized spacial score (nSPS) is 7.00. The Hall–Kier alpha value is -1.19. The van der Waals surface area contributed by atoms with E-state index in [9.17, 15) is 9.59 Å². The van der Waals surface area contributed by atoms with Crippen LogP contribution in [-0.2, 0) is 14.4 Å². The second-order valence-corrected chi connectivity index (χ2v) is 1.51. The molecule has 0 spiro atoms. The predicted octanol–water partition coefficient (Wildman–Crippen LogP) is 0.255. The first kappa shape index (κ1) is 11.6. The zero-order valence-corrected chi connectivity index (χ0v) is 5.96. The predicted molar refractivity (Wildman–Crippen MR) is 34.7 cm³/mol. The summed E-state index contributed by atoms with van der Waals surface area (Å²) in [5, 5.41) is 7.86. The summed E-state index contributed by atoms with van der Waals surface area (Å²) >= 11 is 0. The molecule has 0 heterocycles. The Morgan fingerprint density at radius 3 is 1.80 bits per heavy atom. The number of carbonyl (C=O) groups is 3. The van der Waals surface area contributed by atoms with E-state index in [0.717, 1.165) is 6.29 Å². The summed E-state index contributed by atoms with van der Waals surface area (Å²) in [5.74, 6) is -1.37. The van der Waals surface area contributed by atoms with Crippen LogP contribution in [0.4, 0.5) is 0 Å². The molecule has 0 atom stereocenters. The summed E-state index contributed by atoms with van der Waals surface area (Å²) in [5.41, 5.74) is 0. The third kappa shape index (κ3) is 29.1. The molecule has 0 bridgehead atoms. The minimum Gasteiger partial charge on any atom is -0.481 e. The van der Waals surface area contributed by atoms with E-state index in [-0.39, 0.29) is 12.2 Å². The lowest BCUT2D eigenvalue weighted by Gasteiger charge is -1.80. The maximum Gasteiger partial charge on any atom is 0.310 e. The van der Waals surface area contributed by atoms with Gasteiger partial charge in [0.25, 0.3) is 0 Å². The molecule has 0 aromatic heterocycles. The molecule has 0 rings (SSSR count). The molecule has 10 heavy (non-hydrogen) atoms. The van der Waals surface area contributed by atoms with E-state index in [1.54, 1.807) is 0 Å². The SMILES string of the molecule is CC(=O)CC(=O)O.CC=O. The lowest BCUT2D eigenvalue weighted by Crippen LogP contribution is -2.00. The summed E-state index contributed by atoms with van der Waals surface area (Å²) in [6, 6.07) is 0. The standard InChI is InChI=1S/C4H6O3.C2H4O/c1-3(5)2-4(6)7;1-2-3/h2H2,1H3,(H,6,7);2H,1H3. The Balaban J connectivity index is 0. The smallest absolute Gasteiger partial charge is 0.310 e. The lowest BCUT2D eigenvalue weighted by molar-refractivity contribution is -0.139. The second-order valence-electron chi connectivity index (χ2n) is 1.51. The highest BCUT2D eigenvalue weighted by Crippen LogP contribution is 1.77. The van der Waals surface area contributed by atoms with Gasteiger partial charge in [-0.2, -0.15) is 0 Å². The van der Waals surface area contributed by atoms with Gasteiger partial charge >= 0.3 is 5.97 Å². The largest absolute Gasteiger partial charge is 0.481 e. The van der Waals surface area contributed by atoms with Gasteiger partial charge in [-0.1, -0.05) is 0 Å². The van der Waals surface area contributed by atoms with Crippen LogP contribution < -0.4 is 0 Å². The van der Waals surface area contributed by atoms with E-state index in [1.807, 2.05) is 0 Å². The van der Waals surface area contributed by atoms with E-state index in [1.165, 1.54) is 13.8 Å². The minimum absolute atomic E-state index is 0.312. The molecular weight excluding hydrogens is 136 g/mol. The third-order valence-corrected chi connectivity index (χ3v) is 0.400. The highest BCUT2D eigenvalue weighted by atomic mass is 16.4. The molecule has 0 saturated heterocycles. The highest BCUT2D eigenvalue weighted by molar-refractivity contribution is 5.93. The number of carbonyl (C=O) groups excluding carboxylic acids is 2. The van der Waals surface area contributed by atoms with Crippen molar-refractivity contribution in [3.8, 4) is 0 Å². The van der Waals surface area contributed by atoms with E-state index >= 15 is 0 Å². The average molecular weight is 146 g/mol. The van der Waals surface area contributed by atoms with Crippen molar-refractivity contribution in [3.05, 3.63) is 0 Å². The maximum absolute atomic E-state index is 9.87. The molecular formula is C6H10O4. The number of ketones is 1. The number of aliphatic carboxylic acids is 1. The van der Waals surface area contributed by atoms with Crippen LogP contribution in [0, 0.1) is 0 Å². The van der Waals surface area contributed by atoms with Gasteiger partial charge < -0.3 is 9.90 Å². The van der Waals surface area contributed by atoms with Gasteiger partial charge in [0.05, 0.1) is 0 Å². The van der Waals surface area contributed by atoms with Crippen molar-refractivity contribution >= 4 is 18.0 Å². The van der Waals surface area contributed by atoms with Gasteiger partial charge in [0.15, 0.2) is 0 Å². The Labute approximate surface area is 58.8 Å². The Morgan fingerprint density at radius 1 is 1.50 bits per heavy atom. The second kappa shape index (κ2) is 7.81. The minimum atomic E-state index is -1.06. The molecule has 0 fully saturated rings. The van der Waals surface area contributed by atoms with Gasteiger partial charge in [-0.25, -0.2) is 0 Å². The quantitative estimate of drug-likeness (QED) is 0.448. The number of hydrogen-bond acceptors (Lipinski definition) is 3. The van der Waals surface area contributed by atoms with Crippen molar-refractivity contribution in [3.63, 3.8) is 0 Å². The van der Waals surface area contributed by atoms with Crippen LogP contribution in [0.15, 0.2) is 0 Å². The molecule has 0 amide bonds. The van der Waals surface area contributed by atoms with E-state index in [2.05, 4.69) is 0 Å². The fourth-order valence-electron chi connectivity index (χ4n) is 0.213. The van der Waals surface area contributed by atoms with Crippen LogP contribution in [-0.4, -0.2) is 23.1 Å². The number of hydrogen-bond donors (Lipinski definition) is 1. The molecule has 58 valence electrons. The number of Topliss-reactive ketones (excluding diaryl/α,β-unsaturated/α-hetero) is 1. The van der Waals surface area contributed by atoms with Crippen molar-refractivity contribution < 1.29 is 19.5 Å². The molecule has 1 N–H and O–H groups in total. The zero-order valence-electron chi connectivity index (χ0n) is 5.96. The summed E-state index contributed by atoms with van der Waals surface area (Å²) in [7, 11) is 0. The first-order valence-corrected chi connectivity index (χ1v) is 2.65. The summed E-state index contributed by atoms with van der Waals surface area (Å²) in [6.45, 7) is 2.69. The number of rotatable bonds is 2. The molecule has 0 aromatic carbocycles.